The SMILES string of the molecule is N#Cc1ccccc1Nc1cnc(C(=O)Nc2ccc(N3CCCC3)cc2)cn1. The molecule has 4 rings (SSSR count). The maximum Gasteiger partial charge on any atom is 0.275 e. The molecular weight excluding hydrogens is 364 g/mol. The van der Waals surface area contributed by atoms with Crippen molar-refractivity contribution in [3.05, 3.63) is 72.2 Å². The first-order valence-electron chi connectivity index (χ1n) is 9.47. The normalized spacial score (nSPS) is 13.0. The van der Waals surface area contributed by atoms with Crippen molar-refractivity contribution in [1.82, 2.24) is 9.97 Å². The molecular formula is C22H20N6O. The number of anilines is 4. The number of hydrogen-bond acceptors (Lipinski definition) is 6. The predicted octanol–water partition coefficient (Wildman–Crippen LogP) is 3.94. The van der Waals surface area contributed by atoms with Crippen molar-refractivity contribution < 1.29 is 4.79 Å². The van der Waals surface area contributed by atoms with Crippen molar-refractivity contribution in [1.29, 1.82) is 5.26 Å². The smallest absolute Gasteiger partial charge is 0.275 e. The lowest BCUT2D eigenvalue weighted by Gasteiger charge is -2.17. The Labute approximate surface area is 169 Å². The van der Waals surface area contributed by atoms with Crippen molar-refractivity contribution in [2.45, 2.75) is 12.8 Å². The molecule has 1 amide bonds. The van der Waals surface area contributed by atoms with Crippen LogP contribution in [0.2, 0.25) is 0 Å². The Hall–Kier alpha value is -3.92. The molecule has 1 aromatic heterocycles. The topological polar surface area (TPSA) is 93.9 Å². The quantitative estimate of drug-likeness (QED) is 0.692. The fourth-order valence-electron chi connectivity index (χ4n) is 3.26. The molecule has 0 bridgehead atoms. The number of nitriles is 1. The van der Waals surface area contributed by atoms with Crippen LogP contribution in [-0.2, 0) is 0 Å². The average Bonchev–Trinajstić information content (AvgIpc) is 3.30. The molecule has 2 N–H and O–H groups in total. The molecule has 1 aliphatic rings. The lowest BCUT2D eigenvalue weighted by molar-refractivity contribution is 0.102. The Kier molecular flexibility index (Phi) is 5.34. The number of aromatic nitrogens is 2. The van der Waals surface area contributed by atoms with Gasteiger partial charge in [-0.25, -0.2) is 9.97 Å². The summed E-state index contributed by atoms with van der Waals surface area (Å²) in [6, 6.07) is 17.1. The molecule has 0 spiro atoms. The number of nitrogens with one attached hydrogen (secondary N) is 2. The van der Waals surface area contributed by atoms with Crippen molar-refractivity contribution in [3.8, 4) is 6.07 Å². The van der Waals surface area contributed by atoms with Crippen molar-refractivity contribution >= 4 is 28.8 Å². The molecule has 1 saturated heterocycles. The van der Waals surface area contributed by atoms with E-state index in [0.29, 0.717) is 22.8 Å². The molecule has 1 fully saturated rings. The Bertz CT molecular complexity index is 1030. The van der Waals surface area contributed by atoms with Crippen LogP contribution in [0.5, 0.6) is 0 Å². The minimum atomic E-state index is -0.324. The summed E-state index contributed by atoms with van der Waals surface area (Å²) in [5.41, 5.74) is 3.25. The Balaban J connectivity index is 1.39. The van der Waals surface area contributed by atoms with Crippen LogP contribution in [0.1, 0.15) is 28.9 Å². The zero-order valence-electron chi connectivity index (χ0n) is 15.8. The van der Waals surface area contributed by atoms with Crippen LogP contribution >= 0.6 is 0 Å². The summed E-state index contributed by atoms with van der Waals surface area (Å²) in [7, 11) is 0. The van der Waals surface area contributed by atoms with Crippen LogP contribution in [0.3, 0.4) is 0 Å². The Morgan fingerprint density at radius 3 is 2.45 bits per heavy atom. The van der Waals surface area contributed by atoms with Gasteiger partial charge in [-0.2, -0.15) is 5.26 Å². The molecule has 0 atom stereocenters. The second-order valence-electron chi connectivity index (χ2n) is 6.76. The van der Waals surface area contributed by atoms with Gasteiger partial charge in [-0.1, -0.05) is 12.1 Å². The molecule has 0 aliphatic carbocycles. The van der Waals surface area contributed by atoms with Gasteiger partial charge in [0.05, 0.1) is 23.6 Å². The number of nitrogens with zero attached hydrogens (tertiary/aromatic N) is 4. The number of benzene rings is 2. The lowest BCUT2D eigenvalue weighted by atomic mass is 10.2. The van der Waals surface area contributed by atoms with Crippen LogP contribution in [0.25, 0.3) is 0 Å². The number of amides is 1. The summed E-state index contributed by atoms with van der Waals surface area (Å²) >= 11 is 0. The maximum absolute atomic E-state index is 12.4. The molecule has 2 aromatic carbocycles. The van der Waals surface area contributed by atoms with Gasteiger partial charge >= 0.3 is 0 Å². The van der Waals surface area contributed by atoms with E-state index in [-0.39, 0.29) is 11.6 Å². The summed E-state index contributed by atoms with van der Waals surface area (Å²) in [5, 5.41) is 15.0. The molecule has 1 aliphatic heterocycles. The lowest BCUT2D eigenvalue weighted by Crippen LogP contribution is -2.18. The standard InChI is InChI=1S/C22H20N6O/c23-13-16-5-1-2-6-19(16)27-21-15-24-20(14-25-21)22(29)26-17-7-9-18(10-8-17)28-11-3-4-12-28/h1-2,5-10,14-15H,3-4,11-12H2,(H,25,27)(H,26,29). The highest BCUT2D eigenvalue weighted by atomic mass is 16.1. The first kappa shape index (κ1) is 18.4. The van der Waals surface area contributed by atoms with Gasteiger partial charge in [-0.15, -0.1) is 0 Å². The first-order valence-corrected chi connectivity index (χ1v) is 9.47. The molecule has 3 aromatic rings. The predicted molar refractivity (Wildman–Crippen MR) is 112 cm³/mol. The van der Waals surface area contributed by atoms with Crippen LogP contribution in [0.15, 0.2) is 60.9 Å². The molecule has 0 saturated carbocycles. The van der Waals surface area contributed by atoms with Crippen LogP contribution in [0, 0.1) is 11.3 Å². The third-order valence-electron chi connectivity index (χ3n) is 4.79. The van der Waals surface area contributed by atoms with E-state index in [0.717, 1.165) is 13.1 Å². The molecule has 7 nitrogen and oxygen atoms in total. The van der Waals surface area contributed by atoms with E-state index in [4.69, 9.17) is 5.26 Å². The second kappa shape index (κ2) is 8.40. The van der Waals surface area contributed by atoms with E-state index < -0.39 is 0 Å². The van der Waals surface area contributed by atoms with Crippen molar-refractivity contribution in [3.63, 3.8) is 0 Å². The van der Waals surface area contributed by atoms with E-state index in [1.807, 2.05) is 30.3 Å². The molecule has 2 heterocycles. The van der Waals surface area contributed by atoms with E-state index in [9.17, 15) is 4.79 Å². The van der Waals surface area contributed by atoms with E-state index in [1.165, 1.54) is 30.9 Å². The summed E-state index contributed by atoms with van der Waals surface area (Å²) in [6.45, 7) is 2.17. The second-order valence-corrected chi connectivity index (χ2v) is 6.76. The minimum absolute atomic E-state index is 0.215. The van der Waals surface area contributed by atoms with Gasteiger partial charge in [-0.05, 0) is 49.2 Å². The molecule has 0 radical (unpaired) electrons. The van der Waals surface area contributed by atoms with Crippen LogP contribution in [0.4, 0.5) is 22.9 Å². The zero-order valence-corrected chi connectivity index (χ0v) is 15.8. The molecule has 7 heteroatoms. The monoisotopic (exact) mass is 384 g/mol. The van der Waals surface area contributed by atoms with Gasteiger partial charge in [0.15, 0.2) is 0 Å². The van der Waals surface area contributed by atoms with Crippen molar-refractivity contribution in [2.75, 3.05) is 28.6 Å². The van der Waals surface area contributed by atoms with Gasteiger partial charge in [0, 0.05) is 24.5 Å². The largest absolute Gasteiger partial charge is 0.372 e. The fourth-order valence-corrected chi connectivity index (χ4v) is 3.26. The van der Waals surface area contributed by atoms with Gasteiger partial charge in [0.2, 0.25) is 0 Å². The number of rotatable bonds is 5. The van der Waals surface area contributed by atoms with Crippen LogP contribution in [-0.4, -0.2) is 29.0 Å². The molecule has 0 unspecified atom stereocenters. The maximum atomic E-state index is 12.4. The van der Waals surface area contributed by atoms with Crippen LogP contribution < -0.4 is 15.5 Å². The van der Waals surface area contributed by atoms with Gasteiger partial charge in [0.1, 0.15) is 17.6 Å². The minimum Gasteiger partial charge on any atom is -0.372 e. The highest BCUT2D eigenvalue weighted by molar-refractivity contribution is 6.02. The molecule has 144 valence electrons. The Morgan fingerprint density at radius 2 is 1.76 bits per heavy atom. The average molecular weight is 384 g/mol. The third-order valence-corrected chi connectivity index (χ3v) is 4.79. The zero-order chi connectivity index (χ0) is 20.1. The highest BCUT2D eigenvalue weighted by Gasteiger charge is 2.13. The summed E-state index contributed by atoms with van der Waals surface area (Å²) in [5.74, 6) is 0.134. The van der Waals surface area contributed by atoms with Gasteiger partial charge in [0.25, 0.3) is 5.91 Å². The van der Waals surface area contributed by atoms with Gasteiger partial charge in [-0.3, -0.25) is 4.79 Å². The van der Waals surface area contributed by atoms with E-state index >= 15 is 0 Å². The molecule has 29 heavy (non-hydrogen) atoms. The number of carbonyl (C=O) groups excluding carboxylic acids is 1. The summed E-state index contributed by atoms with van der Waals surface area (Å²) in [6.07, 6.45) is 5.33. The van der Waals surface area contributed by atoms with Gasteiger partial charge < -0.3 is 15.5 Å². The fraction of sp³-hybridized carbons (Fsp3) is 0.182. The third kappa shape index (κ3) is 4.33. The summed E-state index contributed by atoms with van der Waals surface area (Å²) < 4.78 is 0. The van der Waals surface area contributed by atoms with Crippen molar-refractivity contribution in [2.24, 2.45) is 0 Å². The van der Waals surface area contributed by atoms with E-state index in [2.05, 4.69) is 31.6 Å². The number of hydrogen-bond donors (Lipinski definition) is 2. The van der Waals surface area contributed by atoms with E-state index in [1.54, 1.807) is 18.2 Å². The first-order chi connectivity index (χ1) is 14.2. The Morgan fingerprint density at radius 1 is 1.00 bits per heavy atom. The summed E-state index contributed by atoms with van der Waals surface area (Å²) in [4.78, 5) is 23.2. The highest BCUT2D eigenvalue weighted by Crippen LogP contribution is 2.22. The number of para-hydroxylation sites is 1. The number of carbonyl (C=O) groups is 1.